The maximum absolute atomic E-state index is 11.5. The maximum atomic E-state index is 11.5. The number of carboxylic acid groups (broad SMARTS) is 1. The lowest BCUT2D eigenvalue weighted by molar-refractivity contribution is -0.142. The van der Waals surface area contributed by atoms with Gasteiger partial charge < -0.3 is 14.8 Å². The molecule has 0 aromatic carbocycles. The molecule has 0 aliphatic carbocycles. The molecular weight excluding hydrogens is 223 g/mol. The Bertz CT molecular complexity index is 410. The van der Waals surface area contributed by atoms with Crippen LogP contribution < -0.4 is 0 Å². The second-order valence-corrected chi connectivity index (χ2v) is 4.05. The number of aromatic nitrogens is 1. The number of aliphatic hydroxyl groups is 1. The van der Waals surface area contributed by atoms with Gasteiger partial charge in [-0.05, 0) is 18.1 Å². The Morgan fingerprint density at radius 2 is 2.12 bits per heavy atom. The van der Waals surface area contributed by atoms with Gasteiger partial charge in [0.1, 0.15) is 12.6 Å². The minimum absolute atomic E-state index is 0.0925. The Balaban J connectivity index is 3.15. The molecule has 1 aromatic heterocycles. The lowest BCUT2D eigenvalue weighted by Crippen LogP contribution is -2.28. The van der Waals surface area contributed by atoms with Gasteiger partial charge in [-0.2, -0.15) is 0 Å². The van der Waals surface area contributed by atoms with E-state index in [1.165, 1.54) is 10.6 Å². The van der Waals surface area contributed by atoms with Crippen LogP contribution in [0, 0.1) is 5.92 Å². The molecule has 2 atom stereocenters. The van der Waals surface area contributed by atoms with Crippen molar-refractivity contribution in [3.05, 3.63) is 24.0 Å². The molecule has 0 radical (unpaired) electrons. The number of hydrogen-bond acceptors (Lipinski definition) is 3. The summed E-state index contributed by atoms with van der Waals surface area (Å²) in [5, 5.41) is 18.1. The van der Waals surface area contributed by atoms with Crippen molar-refractivity contribution in [3.63, 3.8) is 0 Å². The number of ketones is 1. The number of aliphatic carboxylic acids is 1. The zero-order valence-corrected chi connectivity index (χ0v) is 9.96. The number of carbonyl (C=O) groups excluding carboxylic acids is 1. The van der Waals surface area contributed by atoms with Crippen molar-refractivity contribution in [1.29, 1.82) is 0 Å². The number of nitrogens with zero attached hydrogens (tertiary/aromatic N) is 1. The van der Waals surface area contributed by atoms with Gasteiger partial charge in [-0.1, -0.05) is 20.3 Å². The third kappa shape index (κ3) is 2.74. The fraction of sp³-hybridized carbons (Fsp3) is 0.500. The average Bonchev–Trinajstić information content (AvgIpc) is 2.76. The molecule has 2 N–H and O–H groups in total. The molecule has 1 aromatic rings. The first-order valence-corrected chi connectivity index (χ1v) is 5.56. The number of aliphatic hydroxyl groups excluding tert-OH is 1. The highest BCUT2D eigenvalue weighted by Crippen LogP contribution is 2.23. The van der Waals surface area contributed by atoms with Gasteiger partial charge in [-0.15, -0.1) is 0 Å². The van der Waals surface area contributed by atoms with Crippen LogP contribution in [0.1, 0.15) is 36.8 Å². The van der Waals surface area contributed by atoms with Gasteiger partial charge in [-0.25, -0.2) is 4.79 Å². The summed E-state index contributed by atoms with van der Waals surface area (Å²) in [6.45, 7) is 3.11. The standard InChI is InChI=1S/C12H17NO4/c1-3-8(2)11(12(16)17)13-6-4-5-9(13)10(15)7-14/h4-6,8,11,14H,3,7H2,1-2H3,(H,16,17)/i6+1. The largest absolute Gasteiger partial charge is 0.480 e. The van der Waals surface area contributed by atoms with Crippen LogP contribution >= 0.6 is 0 Å². The number of carboxylic acids is 1. The van der Waals surface area contributed by atoms with Crippen LogP contribution in [0.2, 0.25) is 0 Å². The van der Waals surface area contributed by atoms with Crippen LogP contribution in [0.4, 0.5) is 0 Å². The van der Waals surface area contributed by atoms with E-state index in [0.717, 1.165) is 0 Å². The molecule has 0 bridgehead atoms. The van der Waals surface area contributed by atoms with Crippen LogP contribution in [-0.2, 0) is 4.79 Å². The molecule has 0 amide bonds. The predicted molar refractivity (Wildman–Crippen MR) is 62.0 cm³/mol. The second kappa shape index (κ2) is 5.63. The summed E-state index contributed by atoms with van der Waals surface area (Å²) in [5.41, 5.74) is 0.236. The van der Waals surface area contributed by atoms with Gasteiger partial charge in [0.05, 0.1) is 5.69 Å². The van der Waals surface area contributed by atoms with Crippen molar-refractivity contribution in [1.82, 2.24) is 4.57 Å². The van der Waals surface area contributed by atoms with Crippen LogP contribution in [0.3, 0.4) is 0 Å². The minimum Gasteiger partial charge on any atom is -0.480 e. The van der Waals surface area contributed by atoms with Gasteiger partial charge in [0.2, 0.25) is 5.78 Å². The molecular formula is C12H17NO4. The Kier molecular flexibility index (Phi) is 4.45. The quantitative estimate of drug-likeness (QED) is 0.735. The minimum atomic E-state index is -0.970. The number of rotatable bonds is 6. The molecule has 0 spiro atoms. The fourth-order valence-corrected chi connectivity index (χ4v) is 1.81. The first-order chi connectivity index (χ1) is 8.02. The van der Waals surface area contributed by atoms with E-state index >= 15 is 0 Å². The van der Waals surface area contributed by atoms with Crippen LogP contribution in [0.5, 0.6) is 0 Å². The number of Topliss-reactive ketones (excluding diaryl/α,β-unsaturated/α-hetero) is 1. The molecule has 0 fully saturated rings. The summed E-state index contributed by atoms with van der Waals surface area (Å²) in [6, 6.07) is 2.36. The molecule has 1 rings (SSSR count). The zero-order chi connectivity index (χ0) is 13.0. The summed E-state index contributed by atoms with van der Waals surface area (Å²) >= 11 is 0. The first kappa shape index (κ1) is 13.4. The normalized spacial score (nSPS) is 14.3. The second-order valence-electron chi connectivity index (χ2n) is 4.05. The van der Waals surface area contributed by atoms with Gasteiger partial charge in [0.15, 0.2) is 0 Å². The highest BCUT2D eigenvalue weighted by molar-refractivity contribution is 5.96. The first-order valence-electron chi connectivity index (χ1n) is 5.56. The number of carbonyl (C=O) groups is 2. The van der Waals surface area contributed by atoms with E-state index in [9.17, 15) is 14.7 Å². The topological polar surface area (TPSA) is 79.5 Å². The van der Waals surface area contributed by atoms with E-state index in [1.54, 1.807) is 12.3 Å². The molecule has 0 saturated carbocycles. The zero-order valence-electron chi connectivity index (χ0n) is 9.96. The Morgan fingerprint density at radius 1 is 1.47 bits per heavy atom. The molecule has 5 heteroatoms. The Labute approximate surface area is 99.7 Å². The summed E-state index contributed by atoms with van der Waals surface area (Å²) in [5.74, 6) is -1.53. The summed E-state index contributed by atoms with van der Waals surface area (Å²) in [7, 11) is 0. The molecule has 0 saturated heterocycles. The molecule has 1 heterocycles. The van der Waals surface area contributed by atoms with Crippen molar-refractivity contribution < 1.29 is 19.8 Å². The molecule has 17 heavy (non-hydrogen) atoms. The summed E-state index contributed by atoms with van der Waals surface area (Å²) in [6.07, 6.45) is 2.26. The Morgan fingerprint density at radius 3 is 2.59 bits per heavy atom. The van der Waals surface area contributed by atoms with Gasteiger partial charge in [0.25, 0.3) is 0 Å². The molecule has 5 nitrogen and oxygen atoms in total. The lowest BCUT2D eigenvalue weighted by Gasteiger charge is -2.22. The number of hydrogen-bond donors (Lipinski definition) is 2. The summed E-state index contributed by atoms with van der Waals surface area (Å²) in [4.78, 5) is 22.7. The van der Waals surface area contributed by atoms with Crippen molar-refractivity contribution in [2.75, 3.05) is 6.61 Å². The molecule has 94 valence electrons. The molecule has 0 aliphatic rings. The predicted octanol–water partition coefficient (Wildman–Crippen LogP) is 1.33. The van der Waals surface area contributed by atoms with Gasteiger partial charge in [-0.3, -0.25) is 4.79 Å². The van der Waals surface area contributed by atoms with Crippen molar-refractivity contribution >= 4 is 11.8 Å². The highest BCUT2D eigenvalue weighted by atomic mass is 16.4. The lowest BCUT2D eigenvalue weighted by atomic mass is 9.99. The Hall–Kier alpha value is -1.62. The van der Waals surface area contributed by atoms with E-state index in [1.807, 2.05) is 13.8 Å². The van der Waals surface area contributed by atoms with E-state index in [0.29, 0.717) is 6.42 Å². The van der Waals surface area contributed by atoms with Crippen molar-refractivity contribution in [2.24, 2.45) is 5.92 Å². The third-order valence-corrected chi connectivity index (χ3v) is 2.94. The van der Waals surface area contributed by atoms with E-state index in [4.69, 9.17) is 5.11 Å². The smallest absolute Gasteiger partial charge is 0.326 e. The molecule has 0 aliphatic heterocycles. The SMILES string of the molecule is CCC(C)C(C(=O)O)n1[13cH]ccc1C(=O)CO. The monoisotopic (exact) mass is 240 g/mol. The van der Waals surface area contributed by atoms with Crippen LogP contribution in [-0.4, -0.2) is 33.1 Å². The molecule has 2 unspecified atom stereocenters. The third-order valence-electron chi connectivity index (χ3n) is 2.94. The fourth-order valence-electron chi connectivity index (χ4n) is 1.81. The van der Waals surface area contributed by atoms with Gasteiger partial charge >= 0.3 is 5.97 Å². The van der Waals surface area contributed by atoms with Crippen LogP contribution in [0.25, 0.3) is 0 Å². The van der Waals surface area contributed by atoms with E-state index < -0.39 is 24.4 Å². The maximum Gasteiger partial charge on any atom is 0.326 e. The van der Waals surface area contributed by atoms with Gasteiger partial charge in [0, 0.05) is 6.20 Å². The highest BCUT2D eigenvalue weighted by Gasteiger charge is 2.27. The van der Waals surface area contributed by atoms with Crippen LogP contribution in [0.15, 0.2) is 18.3 Å². The van der Waals surface area contributed by atoms with Crippen molar-refractivity contribution in [3.8, 4) is 0 Å². The average molecular weight is 240 g/mol. The van der Waals surface area contributed by atoms with E-state index in [2.05, 4.69) is 0 Å². The summed E-state index contributed by atoms with van der Waals surface area (Å²) < 4.78 is 1.43. The van der Waals surface area contributed by atoms with Crippen molar-refractivity contribution in [2.45, 2.75) is 26.3 Å². The van der Waals surface area contributed by atoms with E-state index in [-0.39, 0.29) is 11.6 Å².